The molecule has 3 aromatic carbocycles. The van der Waals surface area contributed by atoms with Crippen LogP contribution in [0.4, 0.5) is 24.5 Å². The molecule has 1 saturated carbocycles. The Balaban J connectivity index is 1.54. The summed E-state index contributed by atoms with van der Waals surface area (Å²) in [5, 5.41) is 17.5. The van der Waals surface area contributed by atoms with E-state index in [1.165, 1.54) is 38.0 Å². The zero-order valence-corrected chi connectivity index (χ0v) is 27.2. The molecule has 1 amide bonds. The number of carboxylic acids is 1. The number of anilines is 2. The number of carboxylic acid groups (broad SMARTS) is 1. The average molecular weight is 674 g/mol. The molecule has 1 heterocycles. The Morgan fingerprint density at radius 1 is 1.02 bits per heavy atom. The number of ether oxygens (including phenoxy) is 2. The summed E-state index contributed by atoms with van der Waals surface area (Å²) in [5.41, 5.74) is 1.31. The molecule has 1 aliphatic heterocycles. The van der Waals surface area contributed by atoms with Gasteiger partial charge in [0.2, 0.25) is 5.60 Å². The number of hydrogen-bond donors (Lipinski definition) is 2. The number of nitrogens with zero attached hydrogens (tertiary/aromatic N) is 2. The van der Waals surface area contributed by atoms with Crippen molar-refractivity contribution in [3.63, 3.8) is 0 Å². The summed E-state index contributed by atoms with van der Waals surface area (Å²) in [4.78, 5) is 33.1. The Morgan fingerprint density at radius 2 is 1.70 bits per heavy atom. The molecule has 1 aliphatic carbocycles. The minimum Gasteiger partial charge on any atom is -0.497 e. The maximum absolute atomic E-state index is 14.5. The third-order valence-corrected chi connectivity index (χ3v) is 8.53. The number of nitrogens with one attached hydrogen (secondary N) is 1. The second-order valence-corrected chi connectivity index (χ2v) is 13.0. The van der Waals surface area contributed by atoms with Gasteiger partial charge in [-0.05, 0) is 74.1 Å². The molecule has 13 heteroatoms. The standard InChI is InChI=1S/C34H35ClF3N3O6/c1-19(2)28(40-47-32(3,4)31(43)44)21-14-23(16-25(15-21)45-5)39-29(20-6-8-22(35)9-7-20)30(42)41-18-33(12-13-33)26-11-10-24(17-27(26)41)46-34(36,37)38/h6-11,14-17,19,29,39H,12-13,18H2,1-5H3,(H,43,44). The number of amides is 1. The van der Waals surface area contributed by atoms with Gasteiger partial charge in [0.15, 0.2) is 0 Å². The fraction of sp³-hybridized carbons (Fsp3) is 0.382. The van der Waals surface area contributed by atoms with Crippen LogP contribution in [0.15, 0.2) is 65.8 Å². The number of aliphatic carboxylic acids is 1. The van der Waals surface area contributed by atoms with Gasteiger partial charge in [-0.25, -0.2) is 4.79 Å². The van der Waals surface area contributed by atoms with Crippen LogP contribution in [0.2, 0.25) is 5.02 Å². The van der Waals surface area contributed by atoms with Crippen LogP contribution < -0.4 is 19.7 Å². The lowest BCUT2D eigenvalue weighted by Crippen LogP contribution is -2.38. The lowest BCUT2D eigenvalue weighted by Gasteiger charge is -2.27. The van der Waals surface area contributed by atoms with Crippen molar-refractivity contribution in [3.05, 3.63) is 82.4 Å². The van der Waals surface area contributed by atoms with Gasteiger partial charge in [0.1, 0.15) is 17.5 Å². The number of carbonyl (C=O) groups excluding carboxylic acids is 1. The highest BCUT2D eigenvalue weighted by Gasteiger charge is 2.54. The molecule has 1 fully saturated rings. The van der Waals surface area contributed by atoms with Gasteiger partial charge in [-0.2, -0.15) is 0 Å². The second kappa shape index (κ2) is 12.6. The van der Waals surface area contributed by atoms with Gasteiger partial charge in [0.25, 0.3) is 5.91 Å². The Hall–Kier alpha value is -4.45. The first-order valence-corrected chi connectivity index (χ1v) is 15.3. The van der Waals surface area contributed by atoms with E-state index in [1.807, 2.05) is 13.8 Å². The topological polar surface area (TPSA) is 110 Å². The van der Waals surface area contributed by atoms with Gasteiger partial charge < -0.3 is 29.6 Å². The third-order valence-electron chi connectivity index (χ3n) is 8.28. The van der Waals surface area contributed by atoms with Crippen LogP contribution in [0, 0.1) is 5.92 Å². The lowest BCUT2D eigenvalue weighted by atomic mass is 9.98. The van der Waals surface area contributed by atoms with E-state index in [0.29, 0.717) is 45.5 Å². The van der Waals surface area contributed by atoms with Crippen LogP contribution in [0.5, 0.6) is 11.5 Å². The van der Waals surface area contributed by atoms with Gasteiger partial charge >= 0.3 is 12.3 Å². The molecule has 5 rings (SSSR count). The normalized spacial score (nSPS) is 16.1. The van der Waals surface area contributed by atoms with Gasteiger partial charge in [0, 0.05) is 40.4 Å². The van der Waals surface area contributed by atoms with Gasteiger partial charge in [-0.3, -0.25) is 4.79 Å². The maximum Gasteiger partial charge on any atom is 0.573 e. The number of oxime groups is 1. The first kappa shape index (κ1) is 33.9. The highest BCUT2D eigenvalue weighted by Crippen LogP contribution is 2.57. The largest absolute Gasteiger partial charge is 0.573 e. The maximum atomic E-state index is 14.5. The molecule has 1 spiro atoms. The zero-order valence-electron chi connectivity index (χ0n) is 26.4. The predicted octanol–water partition coefficient (Wildman–Crippen LogP) is 7.72. The van der Waals surface area contributed by atoms with E-state index in [1.54, 1.807) is 48.5 Å². The number of fused-ring (bicyclic) bond motifs is 2. The van der Waals surface area contributed by atoms with Gasteiger partial charge in [0.05, 0.1) is 18.5 Å². The summed E-state index contributed by atoms with van der Waals surface area (Å²) in [6, 6.07) is 15.0. The number of halogens is 4. The molecule has 0 radical (unpaired) electrons. The minimum atomic E-state index is -4.89. The number of hydrogen-bond acceptors (Lipinski definition) is 7. The molecule has 47 heavy (non-hydrogen) atoms. The van der Waals surface area contributed by atoms with Crippen molar-refractivity contribution in [2.75, 3.05) is 23.9 Å². The van der Waals surface area contributed by atoms with E-state index in [9.17, 15) is 27.9 Å². The summed E-state index contributed by atoms with van der Waals surface area (Å²) < 4.78 is 49.1. The zero-order chi connectivity index (χ0) is 34.3. The molecule has 3 aromatic rings. The fourth-order valence-electron chi connectivity index (χ4n) is 5.54. The van der Waals surface area contributed by atoms with Crippen molar-refractivity contribution in [1.29, 1.82) is 0 Å². The lowest BCUT2D eigenvalue weighted by molar-refractivity contribution is -0.274. The quantitative estimate of drug-likeness (QED) is 0.158. The number of methoxy groups -OCH3 is 1. The second-order valence-electron chi connectivity index (χ2n) is 12.5. The summed E-state index contributed by atoms with van der Waals surface area (Å²) in [5.74, 6) is -1.76. The van der Waals surface area contributed by atoms with E-state index in [2.05, 4.69) is 15.2 Å². The Morgan fingerprint density at radius 3 is 2.28 bits per heavy atom. The Labute approximate surface area is 275 Å². The van der Waals surface area contributed by atoms with E-state index < -0.39 is 35.6 Å². The van der Waals surface area contributed by atoms with Gasteiger partial charge in [-0.15, -0.1) is 13.2 Å². The van der Waals surface area contributed by atoms with Crippen LogP contribution >= 0.6 is 11.6 Å². The average Bonchev–Trinajstić information content (AvgIpc) is 3.70. The molecule has 2 N–H and O–H groups in total. The molecule has 2 aliphatic rings. The van der Waals surface area contributed by atoms with Crippen LogP contribution in [-0.2, 0) is 19.8 Å². The fourth-order valence-corrected chi connectivity index (χ4v) is 5.66. The van der Waals surface area contributed by atoms with Crippen LogP contribution in [-0.4, -0.2) is 48.3 Å². The molecule has 1 unspecified atom stereocenters. The molecule has 1 atom stereocenters. The van der Waals surface area contributed by atoms with Crippen molar-refractivity contribution in [2.45, 2.75) is 64.0 Å². The molecule has 9 nitrogen and oxygen atoms in total. The highest BCUT2D eigenvalue weighted by atomic mass is 35.5. The highest BCUT2D eigenvalue weighted by molar-refractivity contribution is 6.30. The number of alkyl halides is 3. The van der Waals surface area contributed by atoms with Crippen LogP contribution in [0.25, 0.3) is 0 Å². The van der Waals surface area contributed by atoms with E-state index in [0.717, 1.165) is 18.4 Å². The molecular weight excluding hydrogens is 639 g/mol. The minimum absolute atomic E-state index is 0.197. The monoisotopic (exact) mass is 673 g/mol. The third kappa shape index (κ3) is 7.43. The van der Waals surface area contributed by atoms with Crippen molar-refractivity contribution in [2.24, 2.45) is 11.1 Å². The molecule has 250 valence electrons. The van der Waals surface area contributed by atoms with Crippen LogP contribution in [0.1, 0.15) is 63.3 Å². The first-order chi connectivity index (χ1) is 22.0. The summed E-state index contributed by atoms with van der Waals surface area (Å²) in [6.45, 7) is 6.83. The molecular formula is C34H35ClF3N3O6. The van der Waals surface area contributed by atoms with E-state index in [4.69, 9.17) is 21.2 Å². The van der Waals surface area contributed by atoms with E-state index >= 15 is 0 Å². The number of benzene rings is 3. The van der Waals surface area contributed by atoms with Crippen molar-refractivity contribution >= 4 is 40.6 Å². The smallest absolute Gasteiger partial charge is 0.497 e. The van der Waals surface area contributed by atoms with E-state index in [-0.39, 0.29) is 11.3 Å². The Bertz CT molecular complexity index is 1700. The van der Waals surface area contributed by atoms with Crippen molar-refractivity contribution in [1.82, 2.24) is 0 Å². The molecule has 0 saturated heterocycles. The summed E-state index contributed by atoms with van der Waals surface area (Å²) in [7, 11) is 1.48. The number of carbonyl (C=O) groups is 2. The van der Waals surface area contributed by atoms with Crippen LogP contribution in [0.3, 0.4) is 0 Å². The predicted molar refractivity (Wildman–Crippen MR) is 171 cm³/mol. The van der Waals surface area contributed by atoms with Gasteiger partial charge in [-0.1, -0.05) is 48.8 Å². The van der Waals surface area contributed by atoms with Crippen molar-refractivity contribution < 1.29 is 42.2 Å². The number of rotatable bonds is 11. The SMILES string of the molecule is COc1cc(NC(C(=O)N2CC3(CC3)c3ccc(OC(F)(F)F)cc32)c2ccc(Cl)cc2)cc(C(=NOC(C)(C)C(=O)O)C(C)C)c1. The summed E-state index contributed by atoms with van der Waals surface area (Å²) in [6.07, 6.45) is -3.28. The molecule has 0 bridgehead atoms. The first-order valence-electron chi connectivity index (χ1n) is 14.9. The molecule has 0 aromatic heterocycles. The summed E-state index contributed by atoms with van der Waals surface area (Å²) >= 11 is 6.17. The Kier molecular flexibility index (Phi) is 9.11. The van der Waals surface area contributed by atoms with Crippen molar-refractivity contribution in [3.8, 4) is 11.5 Å².